The van der Waals surface area contributed by atoms with Crippen LogP contribution in [-0.2, 0) is 10.0 Å². The molecule has 0 saturated carbocycles. The number of hydrogen-bond acceptors (Lipinski definition) is 3. The fourth-order valence-electron chi connectivity index (χ4n) is 2.73. The predicted molar refractivity (Wildman–Crippen MR) is 85.4 cm³/mol. The monoisotopic (exact) mass is 304 g/mol. The summed E-state index contributed by atoms with van der Waals surface area (Å²) in [6.45, 7) is 6.41. The number of piperidine rings is 1. The van der Waals surface area contributed by atoms with Gasteiger partial charge in [-0.3, -0.25) is 0 Å². The average Bonchev–Trinajstić information content (AvgIpc) is 2.47. The van der Waals surface area contributed by atoms with E-state index in [0.717, 1.165) is 19.4 Å². The van der Waals surface area contributed by atoms with Crippen LogP contribution in [0.3, 0.4) is 0 Å². The lowest BCUT2D eigenvalue weighted by molar-refractivity contribution is 0.289. The van der Waals surface area contributed by atoms with Crippen molar-refractivity contribution in [2.24, 2.45) is 0 Å². The molecule has 0 bridgehead atoms. The molecule has 1 heterocycles. The van der Waals surface area contributed by atoms with E-state index in [1.807, 2.05) is 0 Å². The van der Waals surface area contributed by atoms with Crippen LogP contribution in [0.4, 0.5) is 0 Å². The molecule has 1 rings (SSSR count). The van der Waals surface area contributed by atoms with Crippen LogP contribution in [0.2, 0.25) is 0 Å². The van der Waals surface area contributed by atoms with Crippen molar-refractivity contribution in [1.82, 2.24) is 9.62 Å². The zero-order chi connectivity index (χ0) is 14.8. The van der Waals surface area contributed by atoms with E-state index in [0.29, 0.717) is 19.1 Å². The Bertz CT molecular complexity index is 336. The number of rotatable bonds is 10. The van der Waals surface area contributed by atoms with Gasteiger partial charge in [-0.25, -0.2) is 12.7 Å². The van der Waals surface area contributed by atoms with E-state index in [9.17, 15) is 8.42 Å². The highest BCUT2D eigenvalue weighted by Gasteiger charge is 2.26. The van der Waals surface area contributed by atoms with Crippen molar-refractivity contribution >= 4 is 10.0 Å². The first-order chi connectivity index (χ1) is 9.60. The molecule has 0 atom stereocenters. The lowest BCUT2D eigenvalue weighted by Crippen LogP contribution is -2.45. The second-order valence-corrected chi connectivity index (χ2v) is 8.05. The Hall–Kier alpha value is -0.130. The predicted octanol–water partition coefficient (Wildman–Crippen LogP) is 2.75. The third-order valence-electron chi connectivity index (χ3n) is 4.18. The van der Waals surface area contributed by atoms with Crippen LogP contribution >= 0.6 is 0 Å². The summed E-state index contributed by atoms with van der Waals surface area (Å²) in [6, 6.07) is 0.508. The van der Waals surface area contributed by atoms with E-state index in [4.69, 9.17) is 0 Å². The lowest BCUT2D eigenvalue weighted by Gasteiger charge is -2.31. The van der Waals surface area contributed by atoms with E-state index < -0.39 is 10.0 Å². The van der Waals surface area contributed by atoms with Crippen molar-refractivity contribution < 1.29 is 8.42 Å². The maximum Gasteiger partial charge on any atom is 0.213 e. The Morgan fingerprint density at radius 1 is 1.00 bits per heavy atom. The fraction of sp³-hybridized carbons (Fsp3) is 1.00. The molecule has 1 fully saturated rings. The zero-order valence-corrected chi connectivity index (χ0v) is 14.1. The van der Waals surface area contributed by atoms with Crippen LogP contribution in [0, 0.1) is 0 Å². The standard InChI is InChI=1S/C15H32N2O2S/c1-3-5-6-7-8-9-12-16-15-10-13-17(14-11-15)20(18,19)4-2/h15-16H,3-14H2,1-2H3. The molecule has 0 aliphatic carbocycles. The highest BCUT2D eigenvalue weighted by Crippen LogP contribution is 2.14. The zero-order valence-electron chi connectivity index (χ0n) is 13.2. The van der Waals surface area contributed by atoms with Crippen molar-refractivity contribution in [1.29, 1.82) is 0 Å². The molecule has 5 heteroatoms. The number of nitrogens with zero attached hydrogens (tertiary/aromatic N) is 1. The molecule has 120 valence electrons. The van der Waals surface area contributed by atoms with E-state index in [-0.39, 0.29) is 5.75 Å². The van der Waals surface area contributed by atoms with Crippen LogP contribution < -0.4 is 5.32 Å². The molecule has 1 aliphatic heterocycles. The van der Waals surface area contributed by atoms with E-state index in [1.165, 1.54) is 38.5 Å². The molecule has 1 N–H and O–H groups in total. The third kappa shape index (κ3) is 6.55. The van der Waals surface area contributed by atoms with E-state index in [2.05, 4.69) is 12.2 Å². The SMILES string of the molecule is CCCCCCCCNC1CCN(S(=O)(=O)CC)CC1. The minimum atomic E-state index is -2.98. The summed E-state index contributed by atoms with van der Waals surface area (Å²) in [4.78, 5) is 0. The number of sulfonamides is 1. The number of unbranched alkanes of at least 4 members (excludes halogenated alkanes) is 5. The van der Waals surface area contributed by atoms with Crippen molar-refractivity contribution in [3.63, 3.8) is 0 Å². The minimum absolute atomic E-state index is 0.225. The van der Waals surface area contributed by atoms with E-state index >= 15 is 0 Å². The van der Waals surface area contributed by atoms with Crippen LogP contribution in [0.15, 0.2) is 0 Å². The number of nitrogens with one attached hydrogen (secondary N) is 1. The Kier molecular flexibility index (Phi) is 8.73. The lowest BCUT2D eigenvalue weighted by atomic mass is 10.1. The van der Waals surface area contributed by atoms with Gasteiger partial charge in [-0.1, -0.05) is 39.0 Å². The van der Waals surface area contributed by atoms with Crippen molar-refractivity contribution in [3.8, 4) is 0 Å². The molecular weight excluding hydrogens is 272 g/mol. The van der Waals surface area contributed by atoms with Gasteiger partial charge in [0.2, 0.25) is 10.0 Å². The minimum Gasteiger partial charge on any atom is -0.314 e. The van der Waals surface area contributed by atoms with Gasteiger partial charge < -0.3 is 5.32 Å². The van der Waals surface area contributed by atoms with E-state index in [1.54, 1.807) is 11.2 Å². The first kappa shape index (κ1) is 17.9. The molecule has 0 aromatic carbocycles. The summed E-state index contributed by atoms with van der Waals surface area (Å²) in [6.07, 6.45) is 9.85. The second-order valence-electron chi connectivity index (χ2n) is 5.80. The van der Waals surface area contributed by atoms with Gasteiger partial charge in [-0.05, 0) is 32.7 Å². The third-order valence-corrected chi connectivity index (χ3v) is 6.06. The van der Waals surface area contributed by atoms with Gasteiger partial charge in [-0.15, -0.1) is 0 Å². The van der Waals surface area contributed by atoms with Gasteiger partial charge in [0, 0.05) is 19.1 Å². The molecule has 0 amide bonds. The first-order valence-electron chi connectivity index (χ1n) is 8.31. The summed E-state index contributed by atoms with van der Waals surface area (Å²) in [5, 5.41) is 3.58. The van der Waals surface area contributed by atoms with Crippen LogP contribution in [0.5, 0.6) is 0 Å². The van der Waals surface area contributed by atoms with Gasteiger partial charge in [0.15, 0.2) is 0 Å². The largest absolute Gasteiger partial charge is 0.314 e. The Balaban J connectivity index is 2.05. The first-order valence-corrected chi connectivity index (χ1v) is 9.92. The maximum atomic E-state index is 11.8. The van der Waals surface area contributed by atoms with Crippen LogP contribution in [-0.4, -0.2) is 44.2 Å². The molecular formula is C15H32N2O2S. The molecule has 0 radical (unpaired) electrons. The second kappa shape index (κ2) is 9.74. The van der Waals surface area contributed by atoms with Crippen molar-refractivity contribution in [3.05, 3.63) is 0 Å². The summed E-state index contributed by atoms with van der Waals surface area (Å²) < 4.78 is 25.2. The molecule has 0 aromatic heterocycles. The molecule has 4 nitrogen and oxygen atoms in total. The molecule has 0 unspecified atom stereocenters. The van der Waals surface area contributed by atoms with Gasteiger partial charge in [-0.2, -0.15) is 0 Å². The molecule has 0 aromatic rings. The van der Waals surface area contributed by atoms with Gasteiger partial charge in [0.05, 0.1) is 5.75 Å². The highest BCUT2D eigenvalue weighted by molar-refractivity contribution is 7.89. The average molecular weight is 305 g/mol. The van der Waals surface area contributed by atoms with Crippen LogP contribution in [0.25, 0.3) is 0 Å². The highest BCUT2D eigenvalue weighted by atomic mass is 32.2. The smallest absolute Gasteiger partial charge is 0.213 e. The van der Waals surface area contributed by atoms with Crippen LogP contribution in [0.1, 0.15) is 65.2 Å². The van der Waals surface area contributed by atoms with Crippen molar-refractivity contribution in [2.75, 3.05) is 25.4 Å². The maximum absolute atomic E-state index is 11.8. The summed E-state index contributed by atoms with van der Waals surface area (Å²) in [5.41, 5.74) is 0. The Labute approximate surface area is 125 Å². The Morgan fingerprint density at radius 2 is 1.60 bits per heavy atom. The van der Waals surface area contributed by atoms with Crippen molar-refractivity contribution in [2.45, 2.75) is 71.3 Å². The molecule has 0 spiro atoms. The summed E-state index contributed by atoms with van der Waals surface area (Å²) in [7, 11) is -2.98. The Morgan fingerprint density at radius 3 is 2.20 bits per heavy atom. The normalized spacial score (nSPS) is 18.5. The summed E-state index contributed by atoms with van der Waals surface area (Å²) >= 11 is 0. The topological polar surface area (TPSA) is 49.4 Å². The fourth-order valence-corrected chi connectivity index (χ4v) is 3.86. The molecule has 1 aliphatic rings. The van der Waals surface area contributed by atoms with Gasteiger partial charge in [0.25, 0.3) is 0 Å². The van der Waals surface area contributed by atoms with Gasteiger partial charge >= 0.3 is 0 Å². The molecule has 20 heavy (non-hydrogen) atoms. The summed E-state index contributed by atoms with van der Waals surface area (Å²) in [5.74, 6) is 0.225. The van der Waals surface area contributed by atoms with Gasteiger partial charge in [0.1, 0.15) is 0 Å². The number of hydrogen-bond donors (Lipinski definition) is 1. The molecule has 1 saturated heterocycles. The quantitative estimate of drug-likeness (QED) is 0.631.